The second-order valence-corrected chi connectivity index (χ2v) is 6.13. The van der Waals surface area contributed by atoms with Gasteiger partial charge in [0.25, 0.3) is 5.91 Å². The molecule has 1 amide bonds. The van der Waals surface area contributed by atoms with Gasteiger partial charge in [-0.15, -0.1) is 0 Å². The molecular formula is C15H11NO3S2. The molecule has 4 nitrogen and oxygen atoms in total. The third-order valence-corrected chi connectivity index (χ3v) is 4.52. The summed E-state index contributed by atoms with van der Waals surface area (Å²) < 4.78 is 5.76. The zero-order valence-corrected chi connectivity index (χ0v) is 12.8. The Labute approximate surface area is 130 Å². The first-order chi connectivity index (χ1) is 10.1. The van der Waals surface area contributed by atoms with E-state index < -0.39 is 5.63 Å². The maximum atomic E-state index is 12.1. The number of carbonyl (C=O) groups is 1. The van der Waals surface area contributed by atoms with Crippen LogP contribution in [0.5, 0.6) is 0 Å². The van der Waals surface area contributed by atoms with Crippen molar-refractivity contribution in [3.8, 4) is 0 Å². The van der Waals surface area contributed by atoms with Crippen LogP contribution >= 0.6 is 24.0 Å². The number of benzene rings is 1. The third kappa shape index (κ3) is 2.52. The summed E-state index contributed by atoms with van der Waals surface area (Å²) in [5, 5.41) is 0.814. The van der Waals surface area contributed by atoms with E-state index in [2.05, 4.69) is 0 Å². The molecule has 106 valence electrons. The molecule has 0 saturated carbocycles. The standard InChI is InChI=1S/C15H11NO3S2/c1-2-16-13(17)12(21-15(16)20)8-10-7-9-5-3-4-6-11(9)19-14(10)18/h3-8H,2H2,1H3/b12-8-. The van der Waals surface area contributed by atoms with Crippen molar-refractivity contribution in [2.24, 2.45) is 0 Å². The van der Waals surface area contributed by atoms with Crippen LogP contribution in [0.25, 0.3) is 17.0 Å². The zero-order chi connectivity index (χ0) is 15.0. The number of rotatable bonds is 2. The average Bonchev–Trinajstić information content (AvgIpc) is 2.73. The zero-order valence-electron chi connectivity index (χ0n) is 11.2. The molecule has 0 spiro atoms. The fraction of sp³-hybridized carbons (Fsp3) is 0.133. The van der Waals surface area contributed by atoms with Crippen molar-refractivity contribution >= 4 is 51.3 Å². The van der Waals surface area contributed by atoms with E-state index in [9.17, 15) is 9.59 Å². The summed E-state index contributed by atoms with van der Waals surface area (Å²) in [5.74, 6) is -0.167. The van der Waals surface area contributed by atoms with Gasteiger partial charge in [-0.1, -0.05) is 42.2 Å². The maximum absolute atomic E-state index is 12.1. The van der Waals surface area contributed by atoms with Gasteiger partial charge < -0.3 is 4.42 Å². The van der Waals surface area contributed by atoms with Crippen LogP contribution in [-0.2, 0) is 4.79 Å². The van der Waals surface area contributed by atoms with Gasteiger partial charge in [-0.3, -0.25) is 9.69 Å². The Morgan fingerprint density at radius 1 is 1.33 bits per heavy atom. The summed E-state index contributed by atoms with van der Waals surface area (Å²) in [6.45, 7) is 2.38. The van der Waals surface area contributed by atoms with E-state index in [1.807, 2.05) is 19.1 Å². The Balaban J connectivity index is 2.08. The van der Waals surface area contributed by atoms with Crippen LogP contribution in [0.15, 0.2) is 44.4 Å². The third-order valence-electron chi connectivity index (χ3n) is 3.14. The average molecular weight is 317 g/mol. The number of hydrogen-bond donors (Lipinski definition) is 0. The number of likely N-dealkylation sites (N-methyl/N-ethyl adjacent to an activating group) is 1. The van der Waals surface area contributed by atoms with Crippen LogP contribution < -0.4 is 5.63 Å². The minimum Gasteiger partial charge on any atom is -0.422 e. The molecule has 21 heavy (non-hydrogen) atoms. The Morgan fingerprint density at radius 3 is 2.81 bits per heavy atom. The van der Waals surface area contributed by atoms with E-state index in [1.165, 1.54) is 16.7 Å². The highest BCUT2D eigenvalue weighted by molar-refractivity contribution is 8.26. The molecule has 1 saturated heterocycles. The largest absolute Gasteiger partial charge is 0.422 e. The lowest BCUT2D eigenvalue weighted by molar-refractivity contribution is -0.121. The van der Waals surface area contributed by atoms with E-state index >= 15 is 0 Å². The van der Waals surface area contributed by atoms with E-state index in [-0.39, 0.29) is 5.91 Å². The number of thiocarbonyl (C=S) groups is 1. The Kier molecular flexibility index (Phi) is 3.65. The van der Waals surface area contributed by atoms with Gasteiger partial charge in [-0.2, -0.15) is 0 Å². The molecule has 0 unspecified atom stereocenters. The van der Waals surface area contributed by atoms with E-state index in [0.29, 0.717) is 26.9 Å². The number of fused-ring (bicyclic) bond motifs is 1. The smallest absolute Gasteiger partial charge is 0.343 e. The molecule has 2 aromatic rings. The van der Waals surface area contributed by atoms with Gasteiger partial charge >= 0.3 is 5.63 Å². The van der Waals surface area contributed by atoms with Crippen LogP contribution in [0.3, 0.4) is 0 Å². The van der Waals surface area contributed by atoms with Gasteiger partial charge in [0.05, 0.1) is 10.5 Å². The van der Waals surface area contributed by atoms with Crippen molar-refractivity contribution in [1.82, 2.24) is 4.90 Å². The summed E-state index contributed by atoms with van der Waals surface area (Å²) >= 11 is 6.35. The van der Waals surface area contributed by atoms with Crippen molar-refractivity contribution in [3.05, 3.63) is 51.2 Å². The predicted molar refractivity (Wildman–Crippen MR) is 88.0 cm³/mol. The second kappa shape index (κ2) is 5.46. The number of carbonyl (C=O) groups excluding carboxylic acids is 1. The Morgan fingerprint density at radius 2 is 2.10 bits per heavy atom. The van der Waals surface area contributed by atoms with Crippen LogP contribution in [0, 0.1) is 0 Å². The summed E-state index contributed by atoms with van der Waals surface area (Å²) in [7, 11) is 0. The SMILES string of the molecule is CCN1C(=O)/C(=C/c2cc3ccccc3oc2=O)SC1=S. The van der Waals surface area contributed by atoms with Crippen LogP contribution in [-0.4, -0.2) is 21.7 Å². The minimum absolute atomic E-state index is 0.167. The van der Waals surface area contributed by atoms with Crippen molar-refractivity contribution in [2.45, 2.75) is 6.92 Å². The van der Waals surface area contributed by atoms with Crippen LogP contribution in [0.1, 0.15) is 12.5 Å². The van der Waals surface area contributed by atoms with E-state index in [1.54, 1.807) is 24.3 Å². The molecule has 0 radical (unpaired) electrons. The molecule has 3 rings (SSSR count). The molecule has 1 aliphatic rings. The minimum atomic E-state index is -0.463. The first kappa shape index (κ1) is 14.0. The second-order valence-electron chi connectivity index (χ2n) is 4.45. The molecule has 2 heterocycles. The monoisotopic (exact) mass is 317 g/mol. The molecule has 6 heteroatoms. The van der Waals surface area contributed by atoms with Gasteiger partial charge in [0.15, 0.2) is 0 Å². The molecular weight excluding hydrogens is 306 g/mol. The molecule has 1 aliphatic heterocycles. The molecule has 0 N–H and O–H groups in total. The lowest BCUT2D eigenvalue weighted by Crippen LogP contribution is -2.27. The van der Waals surface area contributed by atoms with Gasteiger partial charge in [-0.05, 0) is 25.1 Å². The molecule has 1 aromatic heterocycles. The summed E-state index contributed by atoms with van der Waals surface area (Å²) in [4.78, 5) is 26.1. The highest BCUT2D eigenvalue weighted by Crippen LogP contribution is 2.32. The number of thioether (sulfide) groups is 1. The van der Waals surface area contributed by atoms with E-state index in [4.69, 9.17) is 16.6 Å². The lowest BCUT2D eigenvalue weighted by atomic mass is 10.2. The molecule has 1 fully saturated rings. The predicted octanol–water partition coefficient (Wildman–Crippen LogP) is 3.01. The molecule has 0 bridgehead atoms. The van der Waals surface area contributed by atoms with E-state index in [0.717, 1.165) is 5.39 Å². The summed E-state index contributed by atoms with van der Waals surface area (Å²) in [5.41, 5.74) is 0.418. The summed E-state index contributed by atoms with van der Waals surface area (Å²) in [6.07, 6.45) is 1.55. The Bertz CT molecular complexity index is 838. The highest BCUT2D eigenvalue weighted by Gasteiger charge is 2.30. The first-order valence-electron chi connectivity index (χ1n) is 6.38. The van der Waals surface area contributed by atoms with Gasteiger partial charge in [0, 0.05) is 11.9 Å². The summed E-state index contributed by atoms with van der Waals surface area (Å²) in [6, 6.07) is 8.98. The normalized spacial score (nSPS) is 17.2. The van der Waals surface area contributed by atoms with Gasteiger partial charge in [0.1, 0.15) is 9.90 Å². The number of amides is 1. The lowest BCUT2D eigenvalue weighted by Gasteiger charge is -2.09. The quantitative estimate of drug-likeness (QED) is 0.484. The van der Waals surface area contributed by atoms with Crippen molar-refractivity contribution < 1.29 is 9.21 Å². The fourth-order valence-corrected chi connectivity index (χ4v) is 3.47. The number of para-hydroxylation sites is 1. The van der Waals surface area contributed by atoms with Gasteiger partial charge in [0.2, 0.25) is 0 Å². The molecule has 1 aromatic carbocycles. The van der Waals surface area contributed by atoms with Crippen LogP contribution in [0.4, 0.5) is 0 Å². The fourth-order valence-electron chi connectivity index (χ4n) is 2.09. The van der Waals surface area contributed by atoms with Crippen LogP contribution in [0.2, 0.25) is 0 Å². The van der Waals surface area contributed by atoms with Gasteiger partial charge in [-0.25, -0.2) is 4.79 Å². The first-order valence-corrected chi connectivity index (χ1v) is 7.61. The maximum Gasteiger partial charge on any atom is 0.343 e. The number of nitrogens with zero attached hydrogens (tertiary/aromatic N) is 1. The van der Waals surface area contributed by atoms with Crippen molar-refractivity contribution in [1.29, 1.82) is 0 Å². The number of hydrogen-bond acceptors (Lipinski definition) is 5. The highest BCUT2D eigenvalue weighted by atomic mass is 32.2. The molecule has 0 atom stereocenters. The topological polar surface area (TPSA) is 50.5 Å². The Hall–Kier alpha value is -1.92. The molecule has 0 aliphatic carbocycles. The van der Waals surface area contributed by atoms with Crippen molar-refractivity contribution in [3.63, 3.8) is 0 Å². The van der Waals surface area contributed by atoms with Crippen molar-refractivity contribution in [2.75, 3.05) is 6.54 Å².